The summed E-state index contributed by atoms with van der Waals surface area (Å²) in [6, 6.07) is 12.3. The Bertz CT molecular complexity index is 938. The van der Waals surface area contributed by atoms with E-state index in [9.17, 15) is 10.1 Å². The van der Waals surface area contributed by atoms with E-state index in [0.717, 1.165) is 22.4 Å². The summed E-state index contributed by atoms with van der Waals surface area (Å²) in [6.07, 6.45) is 0.638. The van der Waals surface area contributed by atoms with Crippen molar-refractivity contribution in [1.82, 2.24) is 0 Å². The second-order valence-corrected chi connectivity index (χ2v) is 6.91. The van der Waals surface area contributed by atoms with Gasteiger partial charge in [0.25, 0.3) is 0 Å². The van der Waals surface area contributed by atoms with Gasteiger partial charge in [-0.2, -0.15) is 5.26 Å². The number of ether oxygens (including phenoxy) is 1. The molecule has 5 heteroatoms. The summed E-state index contributed by atoms with van der Waals surface area (Å²) in [7, 11) is 0. The molecule has 0 spiro atoms. The smallest absolute Gasteiger partial charge is 0.357 e. The van der Waals surface area contributed by atoms with Crippen molar-refractivity contribution in [3.05, 3.63) is 59.2 Å². The molecule has 138 valence electrons. The van der Waals surface area contributed by atoms with Crippen molar-refractivity contribution in [2.24, 2.45) is 0 Å². The zero-order chi connectivity index (χ0) is 19.6. The standard InChI is InChI=1S/C22H22N2O3/c1-13(2)15-5-7-16(8-6-15)18-11-20(24-27-22(25)14(3)4)19(12-23)17-9-10-26-21(17)18/h5-8,11,13,24H,3,9-10H2,1-2,4H3. The highest BCUT2D eigenvalue weighted by atomic mass is 16.7. The lowest BCUT2D eigenvalue weighted by molar-refractivity contribution is -0.136. The van der Waals surface area contributed by atoms with E-state index in [-0.39, 0.29) is 5.57 Å². The highest BCUT2D eigenvalue weighted by molar-refractivity contribution is 5.88. The number of hydrogen-bond donors (Lipinski definition) is 1. The molecular formula is C22H22N2O3. The summed E-state index contributed by atoms with van der Waals surface area (Å²) in [5.74, 6) is 0.597. The topological polar surface area (TPSA) is 71.3 Å². The van der Waals surface area contributed by atoms with Gasteiger partial charge in [0, 0.05) is 23.1 Å². The summed E-state index contributed by atoms with van der Waals surface area (Å²) in [6.45, 7) is 9.94. The fourth-order valence-electron chi connectivity index (χ4n) is 3.04. The first-order valence-electron chi connectivity index (χ1n) is 8.88. The number of hydrogen-bond acceptors (Lipinski definition) is 5. The van der Waals surface area contributed by atoms with E-state index in [2.05, 4.69) is 44.1 Å². The zero-order valence-corrected chi connectivity index (χ0v) is 15.8. The lowest BCUT2D eigenvalue weighted by atomic mass is 9.94. The molecular weight excluding hydrogens is 340 g/mol. The van der Waals surface area contributed by atoms with Crippen LogP contribution in [0.1, 0.15) is 43.4 Å². The number of carbonyl (C=O) groups is 1. The molecule has 3 rings (SSSR count). The third-order valence-electron chi connectivity index (χ3n) is 4.58. The van der Waals surface area contributed by atoms with Crippen LogP contribution in [0, 0.1) is 11.3 Å². The second kappa shape index (κ2) is 7.55. The first-order chi connectivity index (χ1) is 12.9. The molecule has 0 fully saturated rings. The molecule has 0 radical (unpaired) electrons. The normalized spacial score (nSPS) is 12.1. The van der Waals surface area contributed by atoms with Gasteiger partial charge in [0.15, 0.2) is 0 Å². The summed E-state index contributed by atoms with van der Waals surface area (Å²) in [4.78, 5) is 16.8. The van der Waals surface area contributed by atoms with Crippen molar-refractivity contribution in [3.63, 3.8) is 0 Å². The monoisotopic (exact) mass is 362 g/mol. The van der Waals surface area contributed by atoms with Gasteiger partial charge < -0.3 is 9.57 Å². The highest BCUT2D eigenvalue weighted by Gasteiger charge is 2.25. The lowest BCUT2D eigenvalue weighted by Crippen LogP contribution is -2.12. The van der Waals surface area contributed by atoms with Crippen molar-refractivity contribution in [3.8, 4) is 22.9 Å². The van der Waals surface area contributed by atoms with E-state index in [1.807, 2.05) is 12.1 Å². The molecule has 27 heavy (non-hydrogen) atoms. The Morgan fingerprint density at radius 1 is 1.33 bits per heavy atom. The van der Waals surface area contributed by atoms with Gasteiger partial charge in [0.1, 0.15) is 11.8 Å². The van der Waals surface area contributed by atoms with Crippen LogP contribution in [0.5, 0.6) is 5.75 Å². The van der Waals surface area contributed by atoms with E-state index in [4.69, 9.17) is 9.57 Å². The predicted octanol–water partition coefficient (Wildman–Crippen LogP) is 4.73. The molecule has 0 aromatic heterocycles. The number of benzene rings is 2. The van der Waals surface area contributed by atoms with Gasteiger partial charge in [0.05, 0.1) is 17.9 Å². The van der Waals surface area contributed by atoms with Crippen LogP contribution in [-0.2, 0) is 16.1 Å². The summed E-state index contributed by atoms with van der Waals surface area (Å²) >= 11 is 0. The Balaban J connectivity index is 2.05. The minimum atomic E-state index is -0.571. The molecule has 0 amide bonds. The summed E-state index contributed by atoms with van der Waals surface area (Å²) in [5, 5.41) is 9.61. The Morgan fingerprint density at radius 3 is 2.63 bits per heavy atom. The third-order valence-corrected chi connectivity index (χ3v) is 4.58. The van der Waals surface area contributed by atoms with Crippen molar-refractivity contribution in [2.75, 3.05) is 12.1 Å². The fraction of sp³-hybridized carbons (Fsp3) is 0.273. The molecule has 0 atom stereocenters. The number of anilines is 1. The SMILES string of the molecule is C=C(C)C(=O)ONc1cc(-c2ccc(C(C)C)cc2)c2c(c1C#N)CCO2. The van der Waals surface area contributed by atoms with Crippen molar-refractivity contribution < 1.29 is 14.4 Å². The number of rotatable bonds is 5. The number of fused-ring (bicyclic) bond motifs is 1. The Hall–Kier alpha value is -3.26. The minimum absolute atomic E-state index is 0.273. The molecule has 0 saturated heterocycles. The van der Waals surface area contributed by atoms with Crippen LogP contribution in [0.2, 0.25) is 0 Å². The molecule has 1 aliphatic rings. The van der Waals surface area contributed by atoms with Crippen LogP contribution in [-0.4, -0.2) is 12.6 Å². The van der Waals surface area contributed by atoms with Crippen LogP contribution in [0.15, 0.2) is 42.5 Å². The van der Waals surface area contributed by atoms with E-state index in [0.29, 0.717) is 30.2 Å². The maximum atomic E-state index is 11.7. The zero-order valence-electron chi connectivity index (χ0n) is 15.8. The van der Waals surface area contributed by atoms with Gasteiger partial charge in [0.2, 0.25) is 0 Å². The minimum Gasteiger partial charge on any atom is -0.492 e. The average Bonchev–Trinajstić information content (AvgIpc) is 3.14. The van der Waals surface area contributed by atoms with Crippen LogP contribution < -0.4 is 10.2 Å². The van der Waals surface area contributed by atoms with E-state index < -0.39 is 5.97 Å². The van der Waals surface area contributed by atoms with Crippen LogP contribution >= 0.6 is 0 Å². The Labute approximate surface area is 159 Å². The average molecular weight is 362 g/mol. The van der Waals surface area contributed by atoms with E-state index in [1.165, 1.54) is 5.56 Å². The van der Waals surface area contributed by atoms with Crippen LogP contribution in [0.4, 0.5) is 5.69 Å². The maximum absolute atomic E-state index is 11.7. The molecule has 5 nitrogen and oxygen atoms in total. The predicted molar refractivity (Wildman–Crippen MR) is 104 cm³/mol. The summed E-state index contributed by atoms with van der Waals surface area (Å²) < 4.78 is 5.82. The lowest BCUT2D eigenvalue weighted by Gasteiger charge is -2.15. The van der Waals surface area contributed by atoms with Gasteiger partial charge in [-0.05, 0) is 30.0 Å². The molecule has 1 heterocycles. The van der Waals surface area contributed by atoms with E-state index >= 15 is 0 Å². The first kappa shape index (κ1) is 18.5. The quantitative estimate of drug-likeness (QED) is 0.615. The highest BCUT2D eigenvalue weighted by Crippen LogP contribution is 2.42. The molecule has 0 aliphatic carbocycles. The molecule has 2 aromatic rings. The molecule has 0 saturated carbocycles. The molecule has 2 aromatic carbocycles. The second-order valence-electron chi connectivity index (χ2n) is 6.91. The van der Waals surface area contributed by atoms with Gasteiger partial charge >= 0.3 is 5.97 Å². The molecule has 1 aliphatic heterocycles. The van der Waals surface area contributed by atoms with Gasteiger partial charge in [-0.15, -0.1) is 0 Å². The molecule has 0 bridgehead atoms. The molecule has 1 N–H and O–H groups in total. The molecule has 0 unspecified atom stereocenters. The number of carbonyl (C=O) groups excluding carboxylic acids is 1. The van der Waals surface area contributed by atoms with Crippen molar-refractivity contribution >= 4 is 11.7 Å². The number of nitrogens with one attached hydrogen (secondary N) is 1. The van der Waals surface area contributed by atoms with Gasteiger partial charge in [-0.25, -0.2) is 10.3 Å². The number of nitriles is 1. The van der Waals surface area contributed by atoms with Crippen molar-refractivity contribution in [2.45, 2.75) is 33.1 Å². The summed E-state index contributed by atoms with van der Waals surface area (Å²) in [5.41, 5.74) is 7.70. The maximum Gasteiger partial charge on any atom is 0.357 e. The van der Waals surface area contributed by atoms with Gasteiger partial charge in [-0.1, -0.05) is 44.7 Å². The largest absolute Gasteiger partial charge is 0.492 e. The van der Waals surface area contributed by atoms with Crippen LogP contribution in [0.3, 0.4) is 0 Å². The van der Waals surface area contributed by atoms with E-state index in [1.54, 1.807) is 13.0 Å². The van der Waals surface area contributed by atoms with Gasteiger partial charge in [-0.3, -0.25) is 0 Å². The fourth-order valence-corrected chi connectivity index (χ4v) is 3.04. The van der Waals surface area contributed by atoms with Crippen LogP contribution in [0.25, 0.3) is 11.1 Å². The number of nitrogens with zero attached hydrogens (tertiary/aromatic N) is 1. The Morgan fingerprint density at radius 2 is 2.04 bits per heavy atom. The third kappa shape index (κ3) is 3.65. The first-order valence-corrected chi connectivity index (χ1v) is 8.88. The van der Waals surface area contributed by atoms with Crippen molar-refractivity contribution in [1.29, 1.82) is 5.26 Å². The Kier molecular flexibility index (Phi) is 5.18.